The fourth-order valence-corrected chi connectivity index (χ4v) is 2.98. The van der Waals surface area contributed by atoms with Gasteiger partial charge in [0.05, 0.1) is 16.6 Å². The second-order valence-electron chi connectivity index (χ2n) is 6.19. The molecule has 2 heterocycles. The topological polar surface area (TPSA) is 81.8 Å². The highest BCUT2D eigenvalue weighted by Gasteiger charge is 2.11. The van der Waals surface area contributed by atoms with Crippen molar-refractivity contribution in [3.05, 3.63) is 82.5 Å². The number of fused-ring (bicyclic) bond motifs is 1. The normalized spacial score (nSPS) is 10.9. The zero-order valence-corrected chi connectivity index (χ0v) is 14.9. The molecule has 0 bridgehead atoms. The molecule has 134 valence electrons. The largest absolute Gasteiger partial charge is 0.305 e. The molecule has 0 aliphatic carbocycles. The van der Waals surface area contributed by atoms with Crippen LogP contribution in [0.1, 0.15) is 16.2 Å². The van der Waals surface area contributed by atoms with E-state index < -0.39 is 0 Å². The zero-order valence-electron chi connectivity index (χ0n) is 14.9. The standard InChI is InChI=1S/C20H17N5O2/c1-13-21-17-6-4-3-5-16(17)20(27)25(13)15-9-7-14(8-10-15)19(26)22-18-11-12-24(2)23-18/h3-12H,1-2H3,(H,22,23,26). The van der Waals surface area contributed by atoms with Gasteiger partial charge in [-0.3, -0.25) is 18.8 Å². The van der Waals surface area contributed by atoms with Crippen molar-refractivity contribution in [2.75, 3.05) is 5.32 Å². The summed E-state index contributed by atoms with van der Waals surface area (Å²) in [5, 5.41) is 7.41. The number of rotatable bonds is 3. The molecule has 1 N–H and O–H groups in total. The van der Waals surface area contributed by atoms with Crippen LogP contribution in [0.4, 0.5) is 5.82 Å². The molecular formula is C20H17N5O2. The van der Waals surface area contributed by atoms with Crippen LogP contribution < -0.4 is 10.9 Å². The number of aryl methyl sites for hydroxylation is 2. The average Bonchev–Trinajstić information content (AvgIpc) is 3.07. The van der Waals surface area contributed by atoms with Crippen molar-refractivity contribution in [1.29, 1.82) is 0 Å². The predicted octanol–water partition coefficient (Wildman–Crippen LogP) is 2.68. The van der Waals surface area contributed by atoms with Gasteiger partial charge in [0.1, 0.15) is 5.82 Å². The third kappa shape index (κ3) is 3.10. The highest BCUT2D eigenvalue weighted by molar-refractivity contribution is 6.03. The Hall–Kier alpha value is -3.74. The van der Waals surface area contributed by atoms with Crippen LogP contribution in [0.2, 0.25) is 0 Å². The smallest absolute Gasteiger partial charge is 0.265 e. The van der Waals surface area contributed by atoms with Crippen molar-refractivity contribution in [3.63, 3.8) is 0 Å². The van der Waals surface area contributed by atoms with Crippen molar-refractivity contribution in [1.82, 2.24) is 19.3 Å². The summed E-state index contributed by atoms with van der Waals surface area (Å²) >= 11 is 0. The van der Waals surface area contributed by atoms with Gasteiger partial charge < -0.3 is 5.32 Å². The first kappa shape index (κ1) is 16.7. The first-order valence-electron chi connectivity index (χ1n) is 8.43. The molecule has 1 amide bonds. The van der Waals surface area contributed by atoms with Gasteiger partial charge in [-0.1, -0.05) is 12.1 Å². The Kier molecular flexibility index (Phi) is 4.04. The molecule has 0 spiro atoms. The third-order valence-corrected chi connectivity index (χ3v) is 4.29. The minimum Gasteiger partial charge on any atom is -0.305 e. The van der Waals surface area contributed by atoms with Crippen molar-refractivity contribution in [2.45, 2.75) is 6.92 Å². The summed E-state index contributed by atoms with van der Waals surface area (Å²) in [5.74, 6) is 0.808. The highest BCUT2D eigenvalue weighted by atomic mass is 16.1. The van der Waals surface area contributed by atoms with Crippen LogP contribution in [-0.2, 0) is 7.05 Å². The third-order valence-electron chi connectivity index (χ3n) is 4.29. The van der Waals surface area contributed by atoms with E-state index in [2.05, 4.69) is 15.4 Å². The molecule has 4 aromatic rings. The Balaban J connectivity index is 1.67. The maximum atomic E-state index is 12.8. The molecule has 7 nitrogen and oxygen atoms in total. The molecule has 0 unspecified atom stereocenters. The van der Waals surface area contributed by atoms with Gasteiger partial charge in [-0.25, -0.2) is 4.98 Å². The molecule has 0 saturated carbocycles. The molecule has 0 radical (unpaired) electrons. The fourth-order valence-electron chi connectivity index (χ4n) is 2.98. The van der Waals surface area contributed by atoms with Gasteiger partial charge in [-0.05, 0) is 43.3 Å². The molecule has 4 rings (SSSR count). The number of hydrogen-bond acceptors (Lipinski definition) is 4. The number of amides is 1. The number of nitrogens with zero attached hydrogens (tertiary/aromatic N) is 4. The molecule has 0 aliphatic rings. The summed E-state index contributed by atoms with van der Waals surface area (Å²) in [4.78, 5) is 29.7. The number of para-hydroxylation sites is 1. The molecule has 27 heavy (non-hydrogen) atoms. The van der Waals surface area contributed by atoms with E-state index in [-0.39, 0.29) is 11.5 Å². The summed E-state index contributed by atoms with van der Waals surface area (Å²) in [7, 11) is 1.78. The van der Waals surface area contributed by atoms with Gasteiger partial charge in [0.25, 0.3) is 11.5 Å². The van der Waals surface area contributed by atoms with Crippen molar-refractivity contribution >= 4 is 22.6 Å². The van der Waals surface area contributed by atoms with E-state index in [1.165, 1.54) is 0 Å². The second-order valence-corrected chi connectivity index (χ2v) is 6.19. The number of hydrogen-bond donors (Lipinski definition) is 1. The molecular weight excluding hydrogens is 342 g/mol. The van der Waals surface area contributed by atoms with Crippen LogP contribution >= 0.6 is 0 Å². The SMILES string of the molecule is Cc1nc2ccccc2c(=O)n1-c1ccc(C(=O)Nc2ccn(C)n2)cc1. The maximum absolute atomic E-state index is 12.8. The van der Waals surface area contributed by atoms with Gasteiger partial charge in [0, 0.05) is 24.9 Å². The summed E-state index contributed by atoms with van der Waals surface area (Å²) < 4.78 is 3.16. The van der Waals surface area contributed by atoms with Gasteiger partial charge >= 0.3 is 0 Å². The summed E-state index contributed by atoms with van der Waals surface area (Å²) in [6, 6.07) is 15.8. The summed E-state index contributed by atoms with van der Waals surface area (Å²) in [6.07, 6.45) is 1.75. The van der Waals surface area contributed by atoms with Crippen LogP contribution in [0.15, 0.2) is 65.6 Å². The first-order valence-corrected chi connectivity index (χ1v) is 8.43. The van der Waals surface area contributed by atoms with Crippen molar-refractivity contribution in [3.8, 4) is 5.69 Å². The minimum atomic E-state index is -0.263. The number of benzene rings is 2. The predicted molar refractivity (Wildman–Crippen MR) is 103 cm³/mol. The number of anilines is 1. The minimum absolute atomic E-state index is 0.135. The van der Waals surface area contributed by atoms with Crippen LogP contribution in [0, 0.1) is 6.92 Å². The van der Waals surface area contributed by atoms with E-state index in [1.54, 1.807) is 65.8 Å². The van der Waals surface area contributed by atoms with Crippen LogP contribution in [0.3, 0.4) is 0 Å². The highest BCUT2D eigenvalue weighted by Crippen LogP contribution is 2.14. The monoisotopic (exact) mass is 359 g/mol. The van der Waals surface area contributed by atoms with E-state index in [0.717, 1.165) is 0 Å². The lowest BCUT2D eigenvalue weighted by Gasteiger charge is -2.11. The molecule has 2 aromatic carbocycles. The first-order chi connectivity index (χ1) is 13.0. The Morgan fingerprint density at radius 1 is 1.04 bits per heavy atom. The van der Waals surface area contributed by atoms with Crippen LogP contribution in [-0.4, -0.2) is 25.2 Å². The van der Waals surface area contributed by atoms with Gasteiger partial charge in [0.15, 0.2) is 5.82 Å². The zero-order chi connectivity index (χ0) is 19.0. The molecule has 7 heteroatoms. The lowest BCUT2D eigenvalue weighted by molar-refractivity contribution is 0.102. The Morgan fingerprint density at radius 2 is 1.78 bits per heavy atom. The number of carbonyl (C=O) groups is 1. The van der Waals surface area contributed by atoms with Gasteiger partial charge in [-0.15, -0.1) is 0 Å². The number of carbonyl (C=O) groups excluding carboxylic acids is 1. The quantitative estimate of drug-likeness (QED) is 0.610. The Morgan fingerprint density at radius 3 is 2.48 bits per heavy atom. The van der Waals surface area contributed by atoms with E-state index in [0.29, 0.717) is 33.8 Å². The van der Waals surface area contributed by atoms with Crippen molar-refractivity contribution < 1.29 is 4.79 Å². The molecule has 0 saturated heterocycles. The average molecular weight is 359 g/mol. The lowest BCUT2D eigenvalue weighted by atomic mass is 10.2. The Bertz CT molecular complexity index is 1210. The second kappa shape index (κ2) is 6.53. The summed E-state index contributed by atoms with van der Waals surface area (Å²) in [6.45, 7) is 1.79. The van der Waals surface area contributed by atoms with Gasteiger partial charge in [-0.2, -0.15) is 5.10 Å². The fraction of sp³-hybridized carbons (Fsp3) is 0.100. The molecule has 0 atom stereocenters. The number of nitrogens with one attached hydrogen (secondary N) is 1. The molecule has 2 aromatic heterocycles. The van der Waals surface area contributed by atoms with Crippen LogP contribution in [0.25, 0.3) is 16.6 Å². The molecule has 0 aliphatic heterocycles. The van der Waals surface area contributed by atoms with Crippen molar-refractivity contribution in [2.24, 2.45) is 7.05 Å². The molecule has 0 fully saturated rings. The van der Waals surface area contributed by atoms with E-state index in [4.69, 9.17) is 0 Å². The Labute approximate surface area is 154 Å². The number of aromatic nitrogens is 4. The maximum Gasteiger partial charge on any atom is 0.265 e. The van der Waals surface area contributed by atoms with E-state index >= 15 is 0 Å². The van der Waals surface area contributed by atoms with E-state index in [9.17, 15) is 9.59 Å². The lowest BCUT2D eigenvalue weighted by Crippen LogP contribution is -2.22. The van der Waals surface area contributed by atoms with Crippen LogP contribution in [0.5, 0.6) is 0 Å². The van der Waals surface area contributed by atoms with E-state index in [1.807, 2.05) is 18.2 Å². The summed E-state index contributed by atoms with van der Waals surface area (Å²) in [5.41, 5.74) is 1.67. The van der Waals surface area contributed by atoms with Gasteiger partial charge in [0.2, 0.25) is 0 Å².